The fraction of sp³-hybridized carbons (Fsp3) is 0.533. The van der Waals surface area contributed by atoms with E-state index >= 15 is 0 Å². The van der Waals surface area contributed by atoms with E-state index in [-0.39, 0.29) is 49.0 Å². The molecule has 0 aromatic heterocycles. The highest BCUT2D eigenvalue weighted by atomic mass is 32.1. The fourth-order valence-corrected chi connectivity index (χ4v) is 5.14. The van der Waals surface area contributed by atoms with Crippen LogP contribution in [0.25, 0.3) is 0 Å². The molecule has 1 aliphatic carbocycles. The standard InChI is InChI=1S/C26H31F2N3O3.C4H10S/c1-19(32)31(23-16-30(17-23)24(33)34-18-21-5-3-2-4-6-21)25(11-13-26(27,28)14-12-25)22-9-7-20(15-29)8-10-22;1-4(2,3)5/h2-10,23H,11-18,29H2,1H3;5H,1-3H3. The summed E-state index contributed by atoms with van der Waals surface area (Å²) in [6.07, 6.45) is -0.691. The number of amides is 2. The van der Waals surface area contributed by atoms with Crippen molar-refractivity contribution in [3.05, 3.63) is 71.3 Å². The van der Waals surface area contributed by atoms with E-state index < -0.39 is 17.6 Å². The summed E-state index contributed by atoms with van der Waals surface area (Å²) in [4.78, 5) is 28.7. The molecular weight excluding hydrogens is 520 g/mol. The molecule has 1 aliphatic heterocycles. The number of nitrogens with two attached hydrogens (primary N) is 1. The Morgan fingerprint density at radius 2 is 1.54 bits per heavy atom. The minimum Gasteiger partial charge on any atom is -0.445 e. The van der Waals surface area contributed by atoms with Crippen LogP contribution in [0.2, 0.25) is 0 Å². The number of rotatable bonds is 6. The van der Waals surface area contributed by atoms with Gasteiger partial charge < -0.3 is 20.3 Å². The van der Waals surface area contributed by atoms with Gasteiger partial charge in [-0.25, -0.2) is 13.6 Å². The lowest BCUT2D eigenvalue weighted by molar-refractivity contribution is -0.155. The van der Waals surface area contributed by atoms with Crippen molar-refractivity contribution in [3.8, 4) is 0 Å². The van der Waals surface area contributed by atoms with Gasteiger partial charge in [0.25, 0.3) is 0 Å². The van der Waals surface area contributed by atoms with Crippen LogP contribution < -0.4 is 5.73 Å². The lowest BCUT2D eigenvalue weighted by Gasteiger charge is -2.55. The molecule has 4 rings (SSSR count). The number of benzene rings is 2. The molecule has 0 bridgehead atoms. The maximum atomic E-state index is 14.1. The second kappa shape index (κ2) is 12.7. The summed E-state index contributed by atoms with van der Waals surface area (Å²) in [6, 6.07) is 16.7. The van der Waals surface area contributed by atoms with Gasteiger partial charge in [0, 0.05) is 44.1 Å². The Bertz CT molecular complexity index is 1080. The van der Waals surface area contributed by atoms with Crippen LogP contribution in [-0.4, -0.2) is 51.6 Å². The van der Waals surface area contributed by atoms with E-state index in [4.69, 9.17) is 10.5 Å². The highest BCUT2D eigenvalue weighted by Gasteiger charge is 2.52. The Hall–Kier alpha value is -2.65. The van der Waals surface area contributed by atoms with E-state index in [1.54, 1.807) is 9.80 Å². The Morgan fingerprint density at radius 1 is 1.00 bits per heavy atom. The third-order valence-corrected chi connectivity index (χ3v) is 7.03. The van der Waals surface area contributed by atoms with Gasteiger partial charge in [0.2, 0.25) is 11.8 Å². The van der Waals surface area contributed by atoms with E-state index in [9.17, 15) is 18.4 Å². The molecule has 1 saturated heterocycles. The molecule has 2 aromatic carbocycles. The van der Waals surface area contributed by atoms with Crippen LogP contribution in [0.3, 0.4) is 0 Å². The normalized spacial score (nSPS) is 18.3. The molecule has 0 spiro atoms. The van der Waals surface area contributed by atoms with Crippen molar-refractivity contribution in [1.82, 2.24) is 9.80 Å². The molecule has 2 N–H and O–H groups in total. The summed E-state index contributed by atoms with van der Waals surface area (Å²) >= 11 is 4.12. The molecule has 2 amide bonds. The molecule has 0 unspecified atom stereocenters. The number of halogens is 2. The van der Waals surface area contributed by atoms with Crippen molar-refractivity contribution < 1.29 is 23.1 Å². The van der Waals surface area contributed by atoms with Crippen molar-refractivity contribution in [2.24, 2.45) is 5.73 Å². The summed E-state index contributed by atoms with van der Waals surface area (Å²) in [7, 11) is 0. The predicted molar refractivity (Wildman–Crippen MR) is 153 cm³/mol. The van der Waals surface area contributed by atoms with Crippen molar-refractivity contribution in [2.75, 3.05) is 13.1 Å². The molecular formula is C30H41F2N3O3S. The third kappa shape index (κ3) is 8.42. The van der Waals surface area contributed by atoms with Crippen LogP contribution in [0, 0.1) is 0 Å². The second-order valence-corrected chi connectivity index (χ2v) is 12.8. The van der Waals surface area contributed by atoms with Gasteiger partial charge >= 0.3 is 6.09 Å². The molecule has 39 heavy (non-hydrogen) atoms. The van der Waals surface area contributed by atoms with Crippen LogP contribution >= 0.6 is 12.6 Å². The largest absolute Gasteiger partial charge is 0.445 e. The van der Waals surface area contributed by atoms with Crippen LogP contribution in [0.15, 0.2) is 54.6 Å². The zero-order chi connectivity index (χ0) is 28.8. The van der Waals surface area contributed by atoms with E-state index in [0.29, 0.717) is 19.6 Å². The van der Waals surface area contributed by atoms with Crippen LogP contribution in [-0.2, 0) is 28.2 Å². The lowest BCUT2D eigenvalue weighted by atomic mass is 9.72. The average Bonchev–Trinajstić information content (AvgIpc) is 2.85. The monoisotopic (exact) mass is 561 g/mol. The van der Waals surface area contributed by atoms with Crippen LogP contribution in [0.4, 0.5) is 13.6 Å². The number of hydrogen-bond acceptors (Lipinski definition) is 5. The first-order valence-electron chi connectivity index (χ1n) is 13.4. The van der Waals surface area contributed by atoms with Gasteiger partial charge in [0.05, 0.1) is 11.6 Å². The van der Waals surface area contributed by atoms with Gasteiger partial charge in [0.1, 0.15) is 6.61 Å². The summed E-state index contributed by atoms with van der Waals surface area (Å²) in [5, 5.41) is 0. The number of thiol groups is 1. The van der Waals surface area contributed by atoms with Gasteiger partial charge in [-0.3, -0.25) is 4.79 Å². The number of nitrogens with zero attached hydrogens (tertiary/aromatic N) is 2. The quantitative estimate of drug-likeness (QED) is 0.416. The Kier molecular flexibility index (Phi) is 10.0. The number of hydrogen-bond donors (Lipinski definition) is 2. The molecule has 214 valence electrons. The second-order valence-electron chi connectivity index (χ2n) is 11.4. The molecule has 6 nitrogen and oxygen atoms in total. The first-order valence-corrected chi connectivity index (χ1v) is 13.8. The zero-order valence-corrected chi connectivity index (χ0v) is 24.2. The number of carbonyl (C=O) groups is 2. The molecule has 2 aliphatic rings. The number of carbonyl (C=O) groups excluding carboxylic acids is 2. The smallest absolute Gasteiger partial charge is 0.410 e. The van der Waals surface area contributed by atoms with Crippen molar-refractivity contribution in [3.63, 3.8) is 0 Å². The van der Waals surface area contributed by atoms with Crippen molar-refractivity contribution >= 4 is 24.6 Å². The minimum atomic E-state index is -2.74. The zero-order valence-electron chi connectivity index (χ0n) is 23.3. The molecule has 2 fully saturated rings. The van der Waals surface area contributed by atoms with Gasteiger partial charge in [-0.15, -0.1) is 0 Å². The number of likely N-dealkylation sites (tertiary alicyclic amines) is 1. The van der Waals surface area contributed by atoms with Gasteiger partial charge in [0.15, 0.2) is 0 Å². The number of alkyl halides is 2. The van der Waals surface area contributed by atoms with Crippen molar-refractivity contribution in [1.29, 1.82) is 0 Å². The van der Waals surface area contributed by atoms with Crippen molar-refractivity contribution in [2.45, 2.75) is 88.8 Å². The predicted octanol–water partition coefficient (Wildman–Crippen LogP) is 6.13. The topological polar surface area (TPSA) is 75.9 Å². The first kappa shape index (κ1) is 30.9. The highest BCUT2D eigenvalue weighted by Crippen LogP contribution is 2.49. The maximum Gasteiger partial charge on any atom is 0.410 e. The molecule has 9 heteroatoms. The van der Waals surface area contributed by atoms with E-state index in [0.717, 1.165) is 16.7 Å². The van der Waals surface area contributed by atoms with Gasteiger partial charge in [-0.05, 0) is 29.5 Å². The van der Waals surface area contributed by atoms with E-state index in [1.165, 1.54) is 6.92 Å². The summed E-state index contributed by atoms with van der Waals surface area (Å²) in [5.74, 6) is -2.92. The summed E-state index contributed by atoms with van der Waals surface area (Å²) < 4.78 is 33.9. The minimum absolute atomic E-state index is 0.163. The highest BCUT2D eigenvalue weighted by molar-refractivity contribution is 7.81. The van der Waals surface area contributed by atoms with Gasteiger partial charge in [-0.2, -0.15) is 12.6 Å². The first-order chi connectivity index (χ1) is 18.2. The fourth-order valence-electron chi connectivity index (χ4n) is 5.14. The molecule has 2 aromatic rings. The average molecular weight is 562 g/mol. The van der Waals surface area contributed by atoms with Crippen LogP contribution in [0.1, 0.15) is 70.1 Å². The summed E-state index contributed by atoms with van der Waals surface area (Å²) in [5.41, 5.74) is 7.54. The Morgan fingerprint density at radius 3 is 2.03 bits per heavy atom. The van der Waals surface area contributed by atoms with E-state index in [1.807, 2.05) is 54.6 Å². The van der Waals surface area contributed by atoms with Gasteiger partial charge in [-0.1, -0.05) is 75.4 Å². The van der Waals surface area contributed by atoms with E-state index in [2.05, 4.69) is 33.4 Å². The third-order valence-electron chi connectivity index (χ3n) is 7.03. The molecule has 1 heterocycles. The lowest BCUT2D eigenvalue weighted by Crippen LogP contribution is -2.67. The molecule has 0 radical (unpaired) electrons. The Labute approximate surface area is 236 Å². The Balaban J connectivity index is 0.000000771. The molecule has 1 saturated carbocycles. The van der Waals surface area contributed by atoms with Crippen LogP contribution in [0.5, 0.6) is 0 Å². The molecule has 0 atom stereocenters. The number of ether oxygens (including phenoxy) is 1. The SMILES string of the molecule is CC(=O)N(C1CN(C(=O)OCc2ccccc2)C1)C1(c2ccc(CN)cc2)CCC(F)(F)CC1.CC(C)(C)S. The maximum absolute atomic E-state index is 14.1. The summed E-state index contributed by atoms with van der Waals surface area (Å²) in [6.45, 7) is 8.80.